The molecule has 0 heterocycles. The molecule has 0 aliphatic heterocycles. The number of halogens is 2. The molecule has 0 unspecified atom stereocenters. The topological polar surface area (TPSA) is 71.3 Å². The first-order valence-corrected chi connectivity index (χ1v) is 9.24. The van der Waals surface area contributed by atoms with E-state index in [-0.39, 0.29) is 12.2 Å². The molecule has 1 amide bonds. The predicted molar refractivity (Wildman–Crippen MR) is 105 cm³/mol. The highest BCUT2D eigenvalue weighted by molar-refractivity contribution is 5.67. The number of carbonyl (C=O) groups excluding carboxylic acids is 1. The molecule has 29 heavy (non-hydrogen) atoms. The second-order valence-corrected chi connectivity index (χ2v) is 7.49. The van der Waals surface area contributed by atoms with Gasteiger partial charge in [0.25, 0.3) is 0 Å². The van der Waals surface area contributed by atoms with Crippen LogP contribution in [0.3, 0.4) is 0 Å². The molecule has 0 aliphatic carbocycles. The molecular weight excluding hydrogens is 378 g/mol. The van der Waals surface area contributed by atoms with Crippen molar-refractivity contribution in [3.8, 4) is 11.8 Å². The second kappa shape index (κ2) is 9.87. The van der Waals surface area contributed by atoms with Gasteiger partial charge in [-0.15, -0.1) is 0 Å². The fraction of sp³-hybridized carbons (Fsp3) is 0.364. The number of ether oxygens (including phenoxy) is 2. The molecular formula is C22H24F2N2O3. The number of hydrogen-bond donors (Lipinski definition) is 1. The van der Waals surface area contributed by atoms with Gasteiger partial charge >= 0.3 is 6.09 Å². The lowest BCUT2D eigenvalue weighted by molar-refractivity contribution is 0.0525. The molecule has 0 radical (unpaired) electrons. The highest BCUT2D eigenvalue weighted by atomic mass is 19.1. The predicted octanol–water partition coefficient (Wildman–Crippen LogP) is 4.72. The van der Waals surface area contributed by atoms with Crippen molar-refractivity contribution in [1.82, 2.24) is 5.32 Å². The molecule has 0 saturated heterocycles. The minimum atomic E-state index is -0.579. The molecule has 0 spiro atoms. The van der Waals surface area contributed by atoms with E-state index in [0.717, 1.165) is 0 Å². The van der Waals surface area contributed by atoms with Crippen molar-refractivity contribution < 1.29 is 23.0 Å². The van der Waals surface area contributed by atoms with E-state index in [1.165, 1.54) is 24.3 Å². The smallest absolute Gasteiger partial charge is 0.407 e. The highest BCUT2D eigenvalue weighted by Gasteiger charge is 2.15. The van der Waals surface area contributed by atoms with Gasteiger partial charge in [-0.1, -0.05) is 12.1 Å². The largest absolute Gasteiger partial charge is 0.493 e. The van der Waals surface area contributed by atoms with Crippen LogP contribution in [0.25, 0.3) is 0 Å². The van der Waals surface area contributed by atoms with E-state index >= 15 is 0 Å². The zero-order valence-electron chi connectivity index (χ0n) is 16.7. The molecule has 2 aromatic rings. The van der Waals surface area contributed by atoms with Crippen LogP contribution in [0, 0.1) is 23.0 Å². The van der Waals surface area contributed by atoms with Gasteiger partial charge in [0.2, 0.25) is 0 Å². The van der Waals surface area contributed by atoms with E-state index in [9.17, 15) is 13.6 Å². The monoisotopic (exact) mass is 402 g/mol. The van der Waals surface area contributed by atoms with Crippen molar-refractivity contribution in [2.24, 2.45) is 0 Å². The van der Waals surface area contributed by atoms with Crippen molar-refractivity contribution in [2.75, 3.05) is 13.2 Å². The van der Waals surface area contributed by atoms with Gasteiger partial charge in [0, 0.05) is 19.0 Å². The summed E-state index contributed by atoms with van der Waals surface area (Å²) < 4.78 is 38.0. The molecule has 0 fully saturated rings. The van der Waals surface area contributed by atoms with Gasteiger partial charge in [-0.2, -0.15) is 5.26 Å². The third kappa shape index (κ3) is 7.41. The van der Waals surface area contributed by atoms with Crippen molar-refractivity contribution in [2.45, 2.75) is 39.2 Å². The average Bonchev–Trinajstić information content (AvgIpc) is 2.63. The maximum atomic E-state index is 13.7. The first-order chi connectivity index (χ1) is 13.7. The summed E-state index contributed by atoms with van der Waals surface area (Å²) in [5, 5.41) is 11.6. The normalized spacial score (nSPS) is 10.9. The Morgan fingerprint density at radius 1 is 1.17 bits per heavy atom. The summed E-state index contributed by atoms with van der Waals surface area (Å²) >= 11 is 0. The van der Waals surface area contributed by atoms with E-state index in [1.54, 1.807) is 39.0 Å². The van der Waals surface area contributed by atoms with Crippen LogP contribution in [0.4, 0.5) is 13.6 Å². The van der Waals surface area contributed by atoms with Crippen LogP contribution in [0.1, 0.15) is 43.9 Å². The molecule has 2 aromatic carbocycles. The lowest BCUT2D eigenvalue weighted by Crippen LogP contribution is -2.33. The van der Waals surface area contributed by atoms with Crippen molar-refractivity contribution in [3.63, 3.8) is 0 Å². The van der Waals surface area contributed by atoms with Gasteiger partial charge in [0.05, 0.1) is 12.2 Å². The number of hydrogen-bond acceptors (Lipinski definition) is 4. The van der Waals surface area contributed by atoms with Crippen molar-refractivity contribution in [3.05, 3.63) is 64.7 Å². The first-order valence-electron chi connectivity index (χ1n) is 9.24. The summed E-state index contributed by atoms with van der Waals surface area (Å²) in [7, 11) is 0. The number of benzene rings is 2. The third-order valence-corrected chi connectivity index (χ3v) is 3.82. The standard InChI is InChI=1S/C22H24F2N2O3/c1-22(2,3)29-21(27)26-9-4-10-28-20-13-18(23)7-6-16(20)11-15-5-8-19(24)17(12-15)14-25/h5-8,12-13H,4,9-11H2,1-3H3,(H,26,27). The Labute approximate surface area is 169 Å². The molecule has 0 atom stereocenters. The fourth-order valence-corrected chi connectivity index (χ4v) is 2.56. The molecule has 0 bridgehead atoms. The van der Waals surface area contributed by atoms with Crippen molar-refractivity contribution in [1.29, 1.82) is 5.26 Å². The minimum absolute atomic E-state index is 0.0414. The summed E-state index contributed by atoms with van der Waals surface area (Å²) in [4.78, 5) is 11.6. The van der Waals surface area contributed by atoms with Crippen LogP contribution in [0.2, 0.25) is 0 Å². The zero-order valence-corrected chi connectivity index (χ0v) is 16.7. The fourth-order valence-electron chi connectivity index (χ4n) is 2.56. The number of carbonyl (C=O) groups is 1. The van der Waals surface area contributed by atoms with E-state index in [0.29, 0.717) is 36.3 Å². The Morgan fingerprint density at radius 2 is 1.93 bits per heavy atom. The van der Waals surface area contributed by atoms with Gasteiger partial charge in [-0.25, -0.2) is 13.6 Å². The Morgan fingerprint density at radius 3 is 2.62 bits per heavy atom. The number of nitrogens with one attached hydrogen (secondary N) is 1. The second-order valence-electron chi connectivity index (χ2n) is 7.49. The Bertz CT molecular complexity index is 902. The summed E-state index contributed by atoms with van der Waals surface area (Å²) in [6.45, 7) is 5.95. The van der Waals surface area contributed by atoms with Crippen LogP contribution >= 0.6 is 0 Å². The summed E-state index contributed by atoms with van der Waals surface area (Å²) in [6, 6.07) is 10.3. The van der Waals surface area contributed by atoms with Crippen LogP contribution in [-0.4, -0.2) is 24.8 Å². The molecule has 0 saturated carbocycles. The molecule has 1 N–H and O–H groups in total. The molecule has 5 nitrogen and oxygen atoms in total. The third-order valence-electron chi connectivity index (χ3n) is 3.82. The van der Waals surface area contributed by atoms with E-state index in [2.05, 4.69) is 5.32 Å². The van der Waals surface area contributed by atoms with Crippen molar-refractivity contribution >= 4 is 6.09 Å². The molecule has 0 aromatic heterocycles. The maximum absolute atomic E-state index is 13.7. The quantitative estimate of drug-likeness (QED) is 0.680. The van der Waals surface area contributed by atoms with Gasteiger partial charge < -0.3 is 14.8 Å². The lowest BCUT2D eigenvalue weighted by atomic mass is 10.0. The van der Waals surface area contributed by atoms with E-state index < -0.39 is 23.3 Å². The molecule has 0 aliphatic rings. The lowest BCUT2D eigenvalue weighted by Gasteiger charge is -2.19. The van der Waals surface area contributed by atoms with Crippen LogP contribution < -0.4 is 10.1 Å². The Balaban J connectivity index is 1.93. The Kier molecular flexibility index (Phi) is 7.54. The average molecular weight is 402 g/mol. The minimum Gasteiger partial charge on any atom is -0.493 e. The SMILES string of the molecule is CC(C)(C)OC(=O)NCCCOc1cc(F)ccc1Cc1ccc(F)c(C#N)c1. The zero-order chi connectivity index (χ0) is 21.4. The van der Waals surface area contributed by atoms with Gasteiger partial charge in [0.15, 0.2) is 0 Å². The van der Waals surface area contributed by atoms with Gasteiger partial charge in [-0.3, -0.25) is 0 Å². The molecule has 2 rings (SSSR count). The number of nitrogens with zero attached hydrogens (tertiary/aromatic N) is 1. The number of nitriles is 1. The molecule has 154 valence electrons. The molecule has 7 heteroatoms. The summed E-state index contributed by atoms with van der Waals surface area (Å²) in [5.74, 6) is -0.651. The first kappa shape index (κ1) is 22.2. The maximum Gasteiger partial charge on any atom is 0.407 e. The van der Waals surface area contributed by atoms with E-state index in [4.69, 9.17) is 14.7 Å². The summed E-state index contributed by atoms with van der Waals surface area (Å²) in [5.41, 5.74) is 0.816. The van der Waals surface area contributed by atoms with Crippen LogP contribution in [0.5, 0.6) is 5.75 Å². The number of amides is 1. The van der Waals surface area contributed by atoms with Crippen LogP contribution in [-0.2, 0) is 11.2 Å². The van der Waals surface area contributed by atoms with E-state index in [1.807, 2.05) is 0 Å². The van der Waals surface area contributed by atoms with Crippen LogP contribution in [0.15, 0.2) is 36.4 Å². The van der Waals surface area contributed by atoms with Gasteiger partial charge in [-0.05, 0) is 56.5 Å². The Hall–Kier alpha value is -3.14. The summed E-state index contributed by atoms with van der Waals surface area (Å²) in [6.07, 6.45) is 0.360. The number of rotatable bonds is 7. The number of alkyl carbamates (subject to hydrolysis) is 1. The highest BCUT2D eigenvalue weighted by Crippen LogP contribution is 2.24. The van der Waals surface area contributed by atoms with Gasteiger partial charge in [0.1, 0.15) is 29.1 Å².